The van der Waals surface area contributed by atoms with Crippen LogP contribution in [0.5, 0.6) is 0 Å². The van der Waals surface area contributed by atoms with Crippen molar-refractivity contribution in [3.8, 4) is 0 Å². The molecule has 0 spiro atoms. The molecule has 1 amide bonds. The van der Waals surface area contributed by atoms with Crippen LogP contribution < -0.4 is 5.32 Å². The van der Waals surface area contributed by atoms with Gasteiger partial charge in [-0.3, -0.25) is 9.79 Å². The van der Waals surface area contributed by atoms with Crippen molar-refractivity contribution >= 4 is 17.8 Å². The van der Waals surface area contributed by atoms with Crippen molar-refractivity contribution in [3.05, 3.63) is 53.8 Å². The number of rotatable bonds is 5. The van der Waals surface area contributed by atoms with Gasteiger partial charge in [0.2, 0.25) is 0 Å². The van der Waals surface area contributed by atoms with Crippen LogP contribution in [0.15, 0.2) is 53.2 Å². The van der Waals surface area contributed by atoms with Gasteiger partial charge in [-0.2, -0.15) is 0 Å². The van der Waals surface area contributed by atoms with Crippen LogP contribution >= 0.6 is 0 Å². The maximum Gasteiger partial charge on any atom is 0.256 e. The second kappa shape index (κ2) is 7.31. The number of allylic oxidation sites excluding steroid dienone is 2. The Morgan fingerprint density at radius 3 is 2.84 bits per heavy atom. The molecule has 1 rings (SSSR count). The second-order valence-electron chi connectivity index (χ2n) is 4.22. The van der Waals surface area contributed by atoms with E-state index in [1.165, 1.54) is 11.8 Å². The van der Waals surface area contributed by atoms with Gasteiger partial charge >= 0.3 is 0 Å². The predicted octanol–water partition coefficient (Wildman–Crippen LogP) is 3.74. The van der Waals surface area contributed by atoms with E-state index in [9.17, 15) is 4.79 Å². The van der Waals surface area contributed by atoms with Crippen molar-refractivity contribution in [2.24, 2.45) is 4.99 Å². The first-order valence-corrected chi connectivity index (χ1v) is 6.33. The highest BCUT2D eigenvalue weighted by molar-refractivity contribution is 6.17. The van der Waals surface area contributed by atoms with Gasteiger partial charge in [-0.05, 0) is 38.0 Å². The Labute approximate surface area is 114 Å². The van der Waals surface area contributed by atoms with Crippen LogP contribution in [-0.4, -0.2) is 12.1 Å². The molecular weight excluding hydrogens is 236 g/mol. The molecule has 0 heterocycles. The number of aryl methyl sites for hydroxylation is 1. The Morgan fingerprint density at radius 2 is 2.21 bits per heavy atom. The van der Waals surface area contributed by atoms with Crippen molar-refractivity contribution in [1.29, 1.82) is 0 Å². The maximum absolute atomic E-state index is 11.9. The number of nitrogens with one attached hydrogen (secondary N) is 1. The molecule has 19 heavy (non-hydrogen) atoms. The third-order valence-electron chi connectivity index (χ3n) is 2.73. The molecule has 0 fully saturated rings. The Hall–Kier alpha value is -2.16. The van der Waals surface area contributed by atoms with Gasteiger partial charge in [-0.1, -0.05) is 31.7 Å². The predicted molar refractivity (Wildman–Crippen MR) is 81.5 cm³/mol. The number of hydrogen-bond donors (Lipinski definition) is 1. The van der Waals surface area contributed by atoms with Crippen LogP contribution in [0.1, 0.15) is 26.3 Å². The average Bonchev–Trinajstić information content (AvgIpc) is 2.44. The largest absolute Gasteiger partial charge is 0.322 e. The first kappa shape index (κ1) is 14.9. The fraction of sp³-hybridized carbons (Fsp3) is 0.250. The van der Waals surface area contributed by atoms with E-state index < -0.39 is 0 Å². The SMILES string of the molecule is C=C(C=NC(C)=CC)C(=O)Nc1cccc(CC)c1. The van der Waals surface area contributed by atoms with Gasteiger partial charge in [0.1, 0.15) is 0 Å². The summed E-state index contributed by atoms with van der Waals surface area (Å²) in [5.41, 5.74) is 3.15. The normalized spacial score (nSPS) is 11.6. The molecule has 3 heteroatoms. The van der Waals surface area contributed by atoms with Crippen LogP contribution in [-0.2, 0) is 11.2 Å². The molecule has 1 N–H and O–H groups in total. The van der Waals surface area contributed by atoms with Crippen molar-refractivity contribution in [3.63, 3.8) is 0 Å². The van der Waals surface area contributed by atoms with Gasteiger partial charge in [0, 0.05) is 17.6 Å². The van der Waals surface area contributed by atoms with Crippen LogP contribution in [0.2, 0.25) is 0 Å². The molecule has 0 unspecified atom stereocenters. The van der Waals surface area contributed by atoms with Crippen LogP contribution in [0.25, 0.3) is 0 Å². The fourth-order valence-electron chi connectivity index (χ4n) is 1.39. The van der Waals surface area contributed by atoms with Crippen LogP contribution in [0.3, 0.4) is 0 Å². The van der Waals surface area contributed by atoms with Crippen molar-refractivity contribution < 1.29 is 4.79 Å². The molecular formula is C16H20N2O. The summed E-state index contributed by atoms with van der Waals surface area (Å²) >= 11 is 0. The summed E-state index contributed by atoms with van der Waals surface area (Å²) in [4.78, 5) is 16.0. The number of anilines is 1. The highest BCUT2D eigenvalue weighted by Crippen LogP contribution is 2.11. The smallest absolute Gasteiger partial charge is 0.256 e. The van der Waals surface area contributed by atoms with E-state index in [-0.39, 0.29) is 5.91 Å². The number of carbonyl (C=O) groups excluding carboxylic acids is 1. The number of hydrogen-bond acceptors (Lipinski definition) is 2. The van der Waals surface area contributed by atoms with Crippen LogP contribution in [0, 0.1) is 0 Å². The summed E-state index contributed by atoms with van der Waals surface area (Å²) in [6, 6.07) is 7.77. The number of benzene rings is 1. The molecule has 0 saturated heterocycles. The van der Waals surface area contributed by atoms with E-state index in [4.69, 9.17) is 0 Å². The summed E-state index contributed by atoms with van der Waals surface area (Å²) < 4.78 is 0. The Morgan fingerprint density at radius 1 is 1.47 bits per heavy atom. The minimum atomic E-state index is -0.235. The number of aliphatic imine (C=N–C) groups is 1. The zero-order valence-corrected chi connectivity index (χ0v) is 11.7. The molecule has 1 aromatic rings. The lowest BCUT2D eigenvalue weighted by atomic mass is 10.1. The molecule has 0 bridgehead atoms. The van der Waals surface area contributed by atoms with E-state index in [0.717, 1.165) is 17.8 Å². The number of amides is 1. The zero-order valence-electron chi connectivity index (χ0n) is 11.7. The van der Waals surface area contributed by atoms with E-state index >= 15 is 0 Å². The molecule has 0 saturated carbocycles. The lowest BCUT2D eigenvalue weighted by molar-refractivity contribution is -0.112. The monoisotopic (exact) mass is 256 g/mol. The second-order valence-corrected chi connectivity index (χ2v) is 4.22. The third kappa shape index (κ3) is 4.92. The van der Waals surface area contributed by atoms with E-state index in [1.807, 2.05) is 44.2 Å². The van der Waals surface area contributed by atoms with Gasteiger partial charge in [0.05, 0.1) is 5.57 Å². The molecule has 0 aliphatic carbocycles. The van der Waals surface area contributed by atoms with Gasteiger partial charge in [-0.15, -0.1) is 0 Å². The molecule has 0 atom stereocenters. The molecule has 0 aliphatic heterocycles. The summed E-state index contributed by atoms with van der Waals surface area (Å²) in [6.07, 6.45) is 4.29. The maximum atomic E-state index is 11.9. The van der Waals surface area contributed by atoms with E-state index in [1.54, 1.807) is 0 Å². The molecule has 100 valence electrons. The fourth-order valence-corrected chi connectivity index (χ4v) is 1.39. The van der Waals surface area contributed by atoms with E-state index in [0.29, 0.717) is 5.57 Å². The third-order valence-corrected chi connectivity index (χ3v) is 2.73. The first-order valence-electron chi connectivity index (χ1n) is 6.33. The molecule has 0 aliphatic rings. The molecule has 0 radical (unpaired) electrons. The average molecular weight is 256 g/mol. The Kier molecular flexibility index (Phi) is 5.73. The Balaban J connectivity index is 2.68. The van der Waals surface area contributed by atoms with E-state index in [2.05, 4.69) is 23.8 Å². The summed E-state index contributed by atoms with van der Waals surface area (Å²) in [6.45, 7) is 9.55. The minimum absolute atomic E-state index is 0.235. The number of carbonyl (C=O) groups is 1. The summed E-state index contributed by atoms with van der Waals surface area (Å²) in [5.74, 6) is -0.235. The van der Waals surface area contributed by atoms with Gasteiger partial charge < -0.3 is 5.32 Å². The van der Waals surface area contributed by atoms with Crippen molar-refractivity contribution in [2.75, 3.05) is 5.32 Å². The van der Waals surface area contributed by atoms with Crippen molar-refractivity contribution in [1.82, 2.24) is 0 Å². The molecule has 1 aromatic carbocycles. The highest BCUT2D eigenvalue weighted by Gasteiger charge is 2.05. The zero-order chi connectivity index (χ0) is 14.3. The topological polar surface area (TPSA) is 41.5 Å². The lowest BCUT2D eigenvalue weighted by Gasteiger charge is -2.06. The summed E-state index contributed by atoms with van der Waals surface area (Å²) in [5, 5.41) is 2.81. The minimum Gasteiger partial charge on any atom is -0.322 e. The van der Waals surface area contributed by atoms with Gasteiger partial charge in [0.15, 0.2) is 0 Å². The quantitative estimate of drug-likeness (QED) is 0.633. The van der Waals surface area contributed by atoms with Crippen molar-refractivity contribution in [2.45, 2.75) is 27.2 Å². The first-order chi connectivity index (χ1) is 9.06. The molecule has 0 aromatic heterocycles. The van der Waals surface area contributed by atoms with Crippen LogP contribution in [0.4, 0.5) is 5.69 Å². The summed E-state index contributed by atoms with van der Waals surface area (Å²) in [7, 11) is 0. The van der Waals surface area contributed by atoms with Gasteiger partial charge in [0.25, 0.3) is 5.91 Å². The molecule has 3 nitrogen and oxygen atoms in total. The van der Waals surface area contributed by atoms with Gasteiger partial charge in [-0.25, -0.2) is 0 Å². The lowest BCUT2D eigenvalue weighted by Crippen LogP contribution is -2.14. The standard InChI is InChI=1S/C16H20N2O/c1-5-13(4)17-11-12(3)16(19)18-15-9-7-8-14(6-2)10-15/h5,7-11H,3,6H2,1-2,4H3,(H,18,19). The Bertz CT molecular complexity index is 527. The highest BCUT2D eigenvalue weighted by atomic mass is 16.1. The number of nitrogens with zero attached hydrogens (tertiary/aromatic N) is 1.